The lowest BCUT2D eigenvalue weighted by atomic mass is 10.3. The van der Waals surface area contributed by atoms with Crippen molar-refractivity contribution >= 4 is 11.8 Å². The molecule has 0 saturated heterocycles. The van der Waals surface area contributed by atoms with Gasteiger partial charge in [0, 0.05) is 0 Å². The first-order valence-corrected chi connectivity index (χ1v) is 4.92. The average molecular weight is 214 g/mol. The van der Waals surface area contributed by atoms with Crippen molar-refractivity contribution < 1.29 is 18.8 Å². The van der Waals surface area contributed by atoms with Crippen molar-refractivity contribution in [2.75, 3.05) is 34.3 Å². The molecule has 15 heavy (non-hydrogen) atoms. The number of quaternary nitrogens is 1. The van der Waals surface area contributed by atoms with Crippen LogP contribution in [0.1, 0.15) is 13.3 Å². The van der Waals surface area contributed by atoms with Gasteiger partial charge in [-0.15, -0.1) is 0 Å². The van der Waals surface area contributed by atoms with Crippen LogP contribution >= 0.6 is 0 Å². The fourth-order valence-corrected chi connectivity index (χ4v) is 0.854. The molecule has 0 aliphatic rings. The van der Waals surface area contributed by atoms with Gasteiger partial charge in [-0.1, -0.05) is 0 Å². The minimum absolute atomic E-state index is 0.136. The van der Waals surface area contributed by atoms with E-state index in [2.05, 4.69) is 21.1 Å². The summed E-state index contributed by atoms with van der Waals surface area (Å²) in [4.78, 5) is 21.5. The second-order valence-electron chi connectivity index (χ2n) is 4.51. The predicted octanol–water partition coefficient (Wildman–Crippen LogP) is 0.771. The molecule has 0 aromatic carbocycles. The Bertz CT molecular complexity index is 251. The number of likely N-dealkylation sites (N-methyl/N-ethyl adjacent to an activating group) is 1. The van der Waals surface area contributed by atoms with Crippen molar-refractivity contribution in [2.45, 2.75) is 13.3 Å². The fraction of sp³-hybridized carbons (Fsp3) is 0.636. The van der Waals surface area contributed by atoms with Gasteiger partial charge in [0.05, 0.1) is 27.7 Å². The Hall–Kier alpha value is -1.16. The van der Waals surface area contributed by atoms with Crippen molar-refractivity contribution in [1.82, 2.24) is 0 Å². The molecule has 0 aliphatic carbocycles. The number of ketones is 1. The summed E-state index contributed by atoms with van der Waals surface area (Å²) in [6, 6.07) is 0. The van der Waals surface area contributed by atoms with Crippen molar-refractivity contribution in [2.24, 2.45) is 0 Å². The first kappa shape index (κ1) is 13.8. The molecule has 0 aromatic rings. The number of esters is 1. The topological polar surface area (TPSA) is 43.4 Å². The molecule has 0 unspecified atom stereocenters. The molecule has 0 fully saturated rings. The Morgan fingerprint density at radius 1 is 1.20 bits per heavy atom. The Labute approximate surface area is 91.1 Å². The van der Waals surface area contributed by atoms with E-state index >= 15 is 0 Å². The second-order valence-corrected chi connectivity index (χ2v) is 4.51. The Kier molecular flexibility index (Phi) is 5.86. The molecule has 4 heteroatoms. The average Bonchev–Trinajstić information content (AvgIpc) is 1.99. The summed E-state index contributed by atoms with van der Waals surface area (Å²) in [7, 11) is 6.23. The Balaban J connectivity index is 3.62. The minimum atomic E-state index is -0.461. The minimum Gasteiger partial charge on any atom is -0.461 e. The lowest BCUT2D eigenvalue weighted by Crippen LogP contribution is -2.34. The second kappa shape index (κ2) is 6.35. The van der Waals surface area contributed by atoms with Crippen molar-refractivity contribution in [3.8, 4) is 0 Å². The number of hydrogen-bond donors (Lipinski definition) is 0. The number of hydrogen-bond acceptors (Lipinski definition) is 3. The number of carbonyl (C=O) groups excluding carboxylic acids is 2. The highest BCUT2D eigenvalue weighted by molar-refractivity contribution is 5.94. The molecular weight excluding hydrogens is 194 g/mol. The van der Waals surface area contributed by atoms with Crippen LogP contribution in [-0.4, -0.2) is 50.5 Å². The third-order valence-corrected chi connectivity index (χ3v) is 1.55. The maximum atomic E-state index is 10.9. The van der Waals surface area contributed by atoms with E-state index in [1.54, 1.807) is 6.08 Å². The van der Waals surface area contributed by atoms with Crippen LogP contribution in [0.4, 0.5) is 0 Å². The molecule has 86 valence electrons. The smallest absolute Gasteiger partial charge is 0.313 e. The molecule has 0 saturated carbocycles. The summed E-state index contributed by atoms with van der Waals surface area (Å²) in [5.41, 5.74) is 0. The maximum Gasteiger partial charge on any atom is 0.313 e. The SMILES string of the molecule is CC(=O)CC(=O)OC/C=C/C[N+](C)(C)C. The van der Waals surface area contributed by atoms with Gasteiger partial charge in [-0.05, 0) is 19.1 Å². The van der Waals surface area contributed by atoms with Gasteiger partial charge in [0.1, 0.15) is 18.8 Å². The van der Waals surface area contributed by atoms with Crippen molar-refractivity contribution in [3.63, 3.8) is 0 Å². The first-order valence-electron chi connectivity index (χ1n) is 4.92. The van der Waals surface area contributed by atoms with Gasteiger partial charge in [-0.2, -0.15) is 0 Å². The highest BCUT2D eigenvalue weighted by Crippen LogP contribution is 1.91. The van der Waals surface area contributed by atoms with Gasteiger partial charge in [0.2, 0.25) is 0 Å². The van der Waals surface area contributed by atoms with Gasteiger partial charge in [0.25, 0.3) is 0 Å². The largest absolute Gasteiger partial charge is 0.461 e. The fourth-order valence-electron chi connectivity index (χ4n) is 0.854. The third kappa shape index (κ3) is 10.8. The van der Waals surface area contributed by atoms with E-state index in [1.807, 2.05) is 6.08 Å². The van der Waals surface area contributed by atoms with Crippen LogP contribution in [0.25, 0.3) is 0 Å². The summed E-state index contributed by atoms with van der Waals surface area (Å²) in [6.07, 6.45) is 3.62. The van der Waals surface area contributed by atoms with Crippen molar-refractivity contribution in [1.29, 1.82) is 0 Å². The molecule has 0 amide bonds. The molecule has 0 rings (SSSR count). The molecule has 4 nitrogen and oxygen atoms in total. The zero-order valence-corrected chi connectivity index (χ0v) is 9.95. The molecule has 0 atom stereocenters. The first-order chi connectivity index (χ1) is 6.81. The molecule has 0 spiro atoms. The van der Waals surface area contributed by atoms with E-state index in [0.717, 1.165) is 11.0 Å². The normalized spacial score (nSPS) is 11.7. The molecule has 0 aromatic heterocycles. The monoisotopic (exact) mass is 214 g/mol. The molecule has 0 bridgehead atoms. The zero-order chi connectivity index (χ0) is 11.9. The highest BCUT2D eigenvalue weighted by atomic mass is 16.5. The van der Waals surface area contributed by atoms with E-state index in [-0.39, 0.29) is 18.8 Å². The molecule has 0 heterocycles. The molecular formula is C11H20NO3+. The Morgan fingerprint density at radius 3 is 2.27 bits per heavy atom. The maximum absolute atomic E-state index is 10.9. The molecule has 0 radical (unpaired) electrons. The van der Waals surface area contributed by atoms with E-state index in [4.69, 9.17) is 4.74 Å². The predicted molar refractivity (Wildman–Crippen MR) is 58.3 cm³/mol. The van der Waals surface area contributed by atoms with E-state index in [1.165, 1.54) is 6.92 Å². The van der Waals surface area contributed by atoms with Crippen LogP contribution in [0.5, 0.6) is 0 Å². The van der Waals surface area contributed by atoms with Gasteiger partial charge in [0.15, 0.2) is 0 Å². The number of ether oxygens (including phenoxy) is 1. The van der Waals surface area contributed by atoms with E-state index < -0.39 is 5.97 Å². The third-order valence-electron chi connectivity index (χ3n) is 1.55. The van der Waals surface area contributed by atoms with Crippen LogP contribution in [-0.2, 0) is 14.3 Å². The van der Waals surface area contributed by atoms with E-state index in [0.29, 0.717) is 0 Å². The van der Waals surface area contributed by atoms with Crippen LogP contribution in [0.2, 0.25) is 0 Å². The zero-order valence-electron chi connectivity index (χ0n) is 9.95. The summed E-state index contributed by atoms with van der Waals surface area (Å²) >= 11 is 0. The van der Waals surface area contributed by atoms with Crippen molar-refractivity contribution in [3.05, 3.63) is 12.2 Å². The number of carbonyl (C=O) groups is 2. The summed E-state index contributed by atoms with van der Waals surface area (Å²) in [6.45, 7) is 2.49. The van der Waals surface area contributed by atoms with Gasteiger partial charge >= 0.3 is 5.97 Å². The van der Waals surface area contributed by atoms with Crippen LogP contribution < -0.4 is 0 Å². The quantitative estimate of drug-likeness (QED) is 0.284. The van der Waals surface area contributed by atoms with Gasteiger partial charge in [-0.3, -0.25) is 9.59 Å². The van der Waals surface area contributed by atoms with E-state index in [9.17, 15) is 9.59 Å². The van der Waals surface area contributed by atoms with Crippen LogP contribution in [0.3, 0.4) is 0 Å². The number of nitrogens with zero attached hydrogens (tertiary/aromatic N) is 1. The summed E-state index contributed by atoms with van der Waals surface area (Å²) in [5.74, 6) is -0.632. The van der Waals surface area contributed by atoms with Gasteiger partial charge < -0.3 is 9.22 Å². The molecule has 0 aliphatic heterocycles. The number of Topliss-reactive ketones (excluding diaryl/α,β-unsaturated/α-hetero) is 1. The molecule has 0 N–H and O–H groups in total. The van der Waals surface area contributed by atoms with Crippen LogP contribution in [0, 0.1) is 0 Å². The lowest BCUT2D eigenvalue weighted by molar-refractivity contribution is -0.864. The summed E-state index contributed by atoms with van der Waals surface area (Å²) < 4.78 is 5.65. The Morgan fingerprint density at radius 2 is 1.80 bits per heavy atom. The highest BCUT2D eigenvalue weighted by Gasteiger charge is 2.05. The summed E-state index contributed by atoms with van der Waals surface area (Å²) in [5, 5.41) is 0. The van der Waals surface area contributed by atoms with Gasteiger partial charge in [-0.25, -0.2) is 0 Å². The lowest BCUT2D eigenvalue weighted by Gasteiger charge is -2.21. The van der Waals surface area contributed by atoms with Crippen LogP contribution in [0.15, 0.2) is 12.2 Å². The number of rotatable bonds is 6. The standard InChI is InChI=1S/C11H20NO3/c1-10(13)9-11(14)15-8-6-5-7-12(2,3)4/h5-6H,7-9H2,1-4H3/q+1/b6-5+.